The molecule has 1 aromatic rings. The molecule has 0 aromatic heterocycles. The second-order valence-corrected chi connectivity index (χ2v) is 8.52. The first-order valence-corrected chi connectivity index (χ1v) is 9.15. The summed E-state index contributed by atoms with van der Waals surface area (Å²) in [5.74, 6) is 0.0655. The summed E-state index contributed by atoms with van der Waals surface area (Å²) in [5.41, 5.74) is 6.87. The number of hydrogen-bond acceptors (Lipinski definition) is 4. The SMILES string of the molecule is CC(=O)Nc1ccc(SC(C)C(=O)N2CCC(N)C(C)(C)C2)cc1. The lowest BCUT2D eigenvalue weighted by Gasteiger charge is -2.43. The third-order valence-electron chi connectivity index (χ3n) is 4.46. The van der Waals surface area contributed by atoms with Gasteiger partial charge < -0.3 is 16.0 Å². The van der Waals surface area contributed by atoms with Crippen LogP contribution in [0, 0.1) is 5.41 Å². The number of carbonyl (C=O) groups is 2. The molecule has 0 saturated carbocycles. The van der Waals surface area contributed by atoms with Gasteiger partial charge in [0.2, 0.25) is 11.8 Å². The van der Waals surface area contributed by atoms with Crippen molar-refractivity contribution in [1.82, 2.24) is 4.90 Å². The molecule has 2 rings (SSSR count). The predicted molar refractivity (Wildman–Crippen MR) is 99.0 cm³/mol. The topological polar surface area (TPSA) is 75.4 Å². The van der Waals surface area contributed by atoms with E-state index in [1.807, 2.05) is 36.1 Å². The monoisotopic (exact) mass is 349 g/mol. The number of nitrogens with one attached hydrogen (secondary N) is 1. The van der Waals surface area contributed by atoms with Gasteiger partial charge in [-0.3, -0.25) is 9.59 Å². The fourth-order valence-electron chi connectivity index (χ4n) is 2.89. The van der Waals surface area contributed by atoms with Gasteiger partial charge in [0.25, 0.3) is 0 Å². The molecule has 3 N–H and O–H groups in total. The number of nitrogens with zero attached hydrogens (tertiary/aromatic N) is 1. The van der Waals surface area contributed by atoms with Crippen LogP contribution in [0.5, 0.6) is 0 Å². The zero-order valence-corrected chi connectivity index (χ0v) is 15.7. The lowest BCUT2D eigenvalue weighted by atomic mass is 9.79. The molecule has 1 aliphatic heterocycles. The summed E-state index contributed by atoms with van der Waals surface area (Å²) in [6, 6.07) is 7.70. The van der Waals surface area contributed by atoms with Crippen LogP contribution in [0.1, 0.15) is 34.1 Å². The Morgan fingerprint density at radius 1 is 1.33 bits per heavy atom. The molecule has 24 heavy (non-hydrogen) atoms. The van der Waals surface area contributed by atoms with Crippen molar-refractivity contribution >= 4 is 29.3 Å². The van der Waals surface area contributed by atoms with Gasteiger partial charge in [-0.2, -0.15) is 0 Å². The zero-order chi connectivity index (χ0) is 17.9. The van der Waals surface area contributed by atoms with E-state index in [1.54, 1.807) is 0 Å². The minimum Gasteiger partial charge on any atom is -0.341 e. The average molecular weight is 350 g/mol. The fourth-order valence-corrected chi connectivity index (χ4v) is 3.85. The van der Waals surface area contributed by atoms with Gasteiger partial charge in [0.15, 0.2) is 0 Å². The van der Waals surface area contributed by atoms with Crippen molar-refractivity contribution in [1.29, 1.82) is 0 Å². The molecule has 5 nitrogen and oxygen atoms in total. The van der Waals surface area contributed by atoms with E-state index < -0.39 is 0 Å². The Balaban J connectivity index is 1.95. The Labute approximate surface area is 148 Å². The molecule has 1 aromatic carbocycles. The summed E-state index contributed by atoms with van der Waals surface area (Å²) in [6.07, 6.45) is 0.849. The van der Waals surface area contributed by atoms with E-state index in [2.05, 4.69) is 19.2 Å². The molecule has 0 spiro atoms. The normalized spacial score (nSPS) is 21.2. The van der Waals surface area contributed by atoms with Crippen molar-refractivity contribution in [2.24, 2.45) is 11.1 Å². The number of benzene rings is 1. The number of hydrogen-bond donors (Lipinski definition) is 2. The number of likely N-dealkylation sites (tertiary alicyclic amines) is 1. The quantitative estimate of drug-likeness (QED) is 0.820. The maximum absolute atomic E-state index is 12.7. The largest absolute Gasteiger partial charge is 0.341 e. The highest BCUT2D eigenvalue weighted by atomic mass is 32.2. The molecule has 1 heterocycles. The van der Waals surface area contributed by atoms with Gasteiger partial charge in [-0.25, -0.2) is 0 Å². The third-order valence-corrected chi connectivity index (χ3v) is 5.56. The lowest BCUT2D eigenvalue weighted by molar-refractivity contribution is -0.133. The van der Waals surface area contributed by atoms with E-state index >= 15 is 0 Å². The van der Waals surface area contributed by atoms with Gasteiger partial charge in [0.05, 0.1) is 5.25 Å². The summed E-state index contributed by atoms with van der Waals surface area (Å²) in [7, 11) is 0. The van der Waals surface area contributed by atoms with Crippen molar-refractivity contribution in [3.63, 3.8) is 0 Å². The maximum atomic E-state index is 12.7. The Kier molecular flexibility index (Phi) is 5.93. The molecule has 2 amide bonds. The van der Waals surface area contributed by atoms with Gasteiger partial charge >= 0.3 is 0 Å². The first-order valence-electron chi connectivity index (χ1n) is 8.28. The molecule has 2 unspecified atom stereocenters. The number of amides is 2. The Hall–Kier alpha value is -1.53. The van der Waals surface area contributed by atoms with Crippen LogP contribution in [0.25, 0.3) is 0 Å². The first kappa shape index (κ1) is 18.8. The third kappa shape index (κ3) is 4.74. The standard InChI is InChI=1S/C18H27N3O2S/c1-12(17(23)21-10-9-16(19)18(3,4)11-21)24-15-7-5-14(6-8-15)20-13(2)22/h5-8,12,16H,9-11,19H2,1-4H3,(H,20,22). The highest BCUT2D eigenvalue weighted by molar-refractivity contribution is 8.00. The molecule has 2 atom stereocenters. The van der Waals surface area contributed by atoms with Crippen molar-refractivity contribution in [2.75, 3.05) is 18.4 Å². The maximum Gasteiger partial charge on any atom is 0.235 e. The second kappa shape index (κ2) is 7.57. The fraction of sp³-hybridized carbons (Fsp3) is 0.556. The molecule has 1 fully saturated rings. The van der Waals surface area contributed by atoms with Crippen LogP contribution < -0.4 is 11.1 Å². The lowest BCUT2D eigenvalue weighted by Crippen LogP contribution is -2.55. The first-order chi connectivity index (χ1) is 11.2. The van der Waals surface area contributed by atoms with Crippen LogP contribution in [0.15, 0.2) is 29.2 Å². The number of piperidine rings is 1. The van der Waals surface area contributed by atoms with Crippen LogP contribution in [0.3, 0.4) is 0 Å². The van der Waals surface area contributed by atoms with Crippen molar-refractivity contribution < 1.29 is 9.59 Å². The molecule has 132 valence electrons. The number of anilines is 1. The molecular weight excluding hydrogens is 322 g/mol. The van der Waals surface area contributed by atoms with Gasteiger partial charge in [-0.1, -0.05) is 13.8 Å². The van der Waals surface area contributed by atoms with Crippen LogP contribution >= 0.6 is 11.8 Å². The number of thioether (sulfide) groups is 1. The van der Waals surface area contributed by atoms with E-state index in [1.165, 1.54) is 18.7 Å². The Morgan fingerprint density at radius 3 is 2.50 bits per heavy atom. The second-order valence-electron chi connectivity index (χ2n) is 7.11. The van der Waals surface area contributed by atoms with Crippen molar-refractivity contribution in [2.45, 2.75) is 50.3 Å². The number of nitrogens with two attached hydrogens (primary N) is 1. The van der Waals surface area contributed by atoms with Crippen LogP contribution in [-0.4, -0.2) is 41.1 Å². The minimum atomic E-state index is -0.151. The minimum absolute atomic E-state index is 0.0433. The molecular formula is C18H27N3O2S. The average Bonchev–Trinajstić information content (AvgIpc) is 2.50. The summed E-state index contributed by atoms with van der Waals surface area (Å²) in [5, 5.41) is 2.59. The Bertz CT molecular complexity index is 601. The highest BCUT2D eigenvalue weighted by Crippen LogP contribution is 2.31. The van der Waals surface area contributed by atoms with Gasteiger partial charge in [-0.05, 0) is 43.0 Å². The van der Waals surface area contributed by atoms with Crippen LogP contribution in [-0.2, 0) is 9.59 Å². The van der Waals surface area contributed by atoms with E-state index in [9.17, 15) is 9.59 Å². The highest BCUT2D eigenvalue weighted by Gasteiger charge is 2.36. The zero-order valence-electron chi connectivity index (χ0n) is 14.8. The molecule has 0 bridgehead atoms. The van der Waals surface area contributed by atoms with Crippen LogP contribution in [0.4, 0.5) is 5.69 Å². The number of rotatable bonds is 4. The van der Waals surface area contributed by atoms with Gasteiger partial charge in [0.1, 0.15) is 0 Å². The van der Waals surface area contributed by atoms with Gasteiger partial charge in [-0.15, -0.1) is 11.8 Å². The molecule has 6 heteroatoms. The summed E-state index contributed by atoms with van der Waals surface area (Å²) >= 11 is 1.54. The summed E-state index contributed by atoms with van der Waals surface area (Å²) in [4.78, 5) is 26.7. The van der Waals surface area contributed by atoms with E-state index in [0.717, 1.165) is 23.5 Å². The molecule has 0 aliphatic carbocycles. The molecule has 1 aliphatic rings. The van der Waals surface area contributed by atoms with Crippen molar-refractivity contribution in [3.05, 3.63) is 24.3 Å². The molecule has 0 radical (unpaired) electrons. The van der Waals surface area contributed by atoms with E-state index in [4.69, 9.17) is 5.73 Å². The summed E-state index contributed by atoms with van der Waals surface area (Å²) in [6.45, 7) is 9.10. The summed E-state index contributed by atoms with van der Waals surface area (Å²) < 4.78 is 0. The predicted octanol–water partition coefficient (Wildman–Crippen LogP) is 2.71. The Morgan fingerprint density at radius 2 is 1.96 bits per heavy atom. The van der Waals surface area contributed by atoms with Crippen molar-refractivity contribution in [3.8, 4) is 0 Å². The van der Waals surface area contributed by atoms with Crippen LogP contribution in [0.2, 0.25) is 0 Å². The molecule has 1 saturated heterocycles. The smallest absolute Gasteiger partial charge is 0.235 e. The van der Waals surface area contributed by atoms with E-state index in [-0.39, 0.29) is 28.5 Å². The van der Waals surface area contributed by atoms with Gasteiger partial charge in [0, 0.05) is 36.6 Å². The number of carbonyl (C=O) groups excluding carboxylic acids is 2. The van der Waals surface area contributed by atoms with E-state index in [0.29, 0.717) is 6.54 Å².